The molecule has 4 unspecified atom stereocenters. The molecule has 0 heterocycles. The first kappa shape index (κ1) is 28.0. The number of carbonyl (C=O) groups excluding carboxylic acids is 3. The monoisotopic (exact) mass is 468 g/mol. The highest BCUT2D eigenvalue weighted by molar-refractivity contribution is 7.98. The Bertz CT molecular complexity index is 622. The number of nitrogens with one attached hydrogen (secondary N) is 3. The fourth-order valence-corrected chi connectivity index (χ4v) is 2.77. The molecule has 0 fully saturated rings. The van der Waals surface area contributed by atoms with E-state index < -0.39 is 66.9 Å². The number of rotatable bonds is 15. The zero-order chi connectivity index (χ0) is 23.3. The van der Waals surface area contributed by atoms with Crippen LogP contribution in [0.5, 0.6) is 0 Å². The highest BCUT2D eigenvalue weighted by atomic mass is 32.2. The number of carboxylic acids is 2. The van der Waals surface area contributed by atoms with Gasteiger partial charge in [-0.1, -0.05) is 0 Å². The lowest BCUT2D eigenvalue weighted by molar-refractivity contribution is -0.143. The Morgan fingerprint density at radius 3 is 1.87 bits per heavy atom. The molecule has 3 amide bonds. The average molecular weight is 469 g/mol. The first-order chi connectivity index (χ1) is 14.1. The minimum absolute atomic E-state index is 0.00437. The molecule has 0 spiro atoms. The van der Waals surface area contributed by atoms with E-state index in [9.17, 15) is 24.0 Å². The number of hydrogen-bond acceptors (Lipinski definition) is 9. The highest BCUT2D eigenvalue weighted by Crippen LogP contribution is 2.05. The van der Waals surface area contributed by atoms with Crippen molar-refractivity contribution in [1.29, 1.82) is 0 Å². The summed E-state index contributed by atoms with van der Waals surface area (Å²) in [5.74, 6) is -4.59. The molecule has 30 heavy (non-hydrogen) atoms. The molecule has 0 bridgehead atoms. The minimum atomic E-state index is -1.55. The third kappa shape index (κ3) is 10.7. The summed E-state index contributed by atoms with van der Waals surface area (Å²) >= 11 is 5.26. The maximum Gasteiger partial charge on any atom is 0.328 e. The number of carbonyl (C=O) groups is 5. The molecule has 0 aliphatic heterocycles. The van der Waals surface area contributed by atoms with Crippen LogP contribution < -0.4 is 21.7 Å². The average Bonchev–Trinajstić information content (AvgIpc) is 2.70. The predicted octanol–water partition coefficient (Wildman–Crippen LogP) is -2.61. The van der Waals surface area contributed by atoms with E-state index in [0.29, 0.717) is 5.75 Å². The number of nitrogens with two attached hydrogens (primary N) is 1. The van der Waals surface area contributed by atoms with Gasteiger partial charge in [0.05, 0.1) is 12.6 Å². The number of amides is 3. The third-order valence-corrected chi connectivity index (χ3v) is 4.89. The molecule has 4 atom stereocenters. The van der Waals surface area contributed by atoms with Gasteiger partial charge in [-0.15, -0.1) is 0 Å². The standard InChI is InChI=1S/C16H28N4O8S2/c1-30-5-4-10(15(26)20-11(6-21)16(27)28)19-14(25)9(2-3-12(22)23)18-13(24)8(17)7-29/h8-11,21,29H,2-7,17H2,1H3,(H,18,24)(H,19,25)(H,20,26)(H,22,23)(H,27,28). The van der Waals surface area contributed by atoms with Crippen molar-refractivity contribution < 1.29 is 39.3 Å². The van der Waals surface area contributed by atoms with Crippen LogP contribution in [0.15, 0.2) is 0 Å². The molecule has 0 aromatic rings. The van der Waals surface area contributed by atoms with Crippen LogP contribution in [-0.2, 0) is 24.0 Å². The van der Waals surface area contributed by atoms with Gasteiger partial charge in [-0.2, -0.15) is 24.4 Å². The number of thiol groups is 1. The number of carboxylic acid groups (broad SMARTS) is 2. The molecule has 8 N–H and O–H groups in total. The smallest absolute Gasteiger partial charge is 0.328 e. The van der Waals surface area contributed by atoms with Crippen molar-refractivity contribution in [3.8, 4) is 0 Å². The van der Waals surface area contributed by atoms with E-state index in [1.807, 2.05) is 0 Å². The maximum absolute atomic E-state index is 12.6. The van der Waals surface area contributed by atoms with Gasteiger partial charge < -0.3 is 37.0 Å². The van der Waals surface area contributed by atoms with Crippen molar-refractivity contribution in [2.75, 3.05) is 24.4 Å². The summed E-state index contributed by atoms with van der Waals surface area (Å²) in [7, 11) is 0. The SMILES string of the molecule is CSCCC(NC(=O)C(CCC(=O)O)NC(=O)C(N)CS)C(=O)NC(CO)C(=O)O. The van der Waals surface area contributed by atoms with Gasteiger partial charge >= 0.3 is 11.9 Å². The molecule has 0 saturated carbocycles. The highest BCUT2D eigenvalue weighted by Gasteiger charge is 2.30. The molecule has 12 nitrogen and oxygen atoms in total. The van der Waals surface area contributed by atoms with Crippen molar-refractivity contribution in [1.82, 2.24) is 16.0 Å². The Labute approximate surface area is 183 Å². The lowest BCUT2D eigenvalue weighted by atomic mass is 10.1. The molecular weight excluding hydrogens is 440 g/mol. The van der Waals surface area contributed by atoms with Crippen molar-refractivity contribution in [3.63, 3.8) is 0 Å². The molecule has 0 radical (unpaired) electrons. The summed E-state index contributed by atoms with van der Waals surface area (Å²) < 4.78 is 0. The topological polar surface area (TPSA) is 208 Å². The van der Waals surface area contributed by atoms with E-state index in [-0.39, 0.29) is 18.6 Å². The van der Waals surface area contributed by atoms with E-state index in [2.05, 4.69) is 28.6 Å². The molecule has 0 aromatic heterocycles. The van der Waals surface area contributed by atoms with Gasteiger partial charge in [0.2, 0.25) is 17.7 Å². The minimum Gasteiger partial charge on any atom is -0.481 e. The molecule has 172 valence electrons. The van der Waals surface area contributed by atoms with Crippen molar-refractivity contribution in [2.24, 2.45) is 5.73 Å². The van der Waals surface area contributed by atoms with Crippen LogP contribution in [0, 0.1) is 0 Å². The summed E-state index contributed by atoms with van der Waals surface area (Å²) in [5, 5.41) is 33.7. The molecule has 0 aliphatic rings. The zero-order valence-electron chi connectivity index (χ0n) is 16.4. The molecule has 0 rings (SSSR count). The van der Waals surface area contributed by atoms with Crippen molar-refractivity contribution in [2.45, 2.75) is 43.4 Å². The van der Waals surface area contributed by atoms with Crippen molar-refractivity contribution >= 4 is 54.1 Å². The first-order valence-corrected chi connectivity index (χ1v) is 10.9. The quantitative estimate of drug-likeness (QED) is 0.117. The molecule has 0 saturated heterocycles. The number of aliphatic hydroxyl groups is 1. The zero-order valence-corrected chi connectivity index (χ0v) is 18.1. The van der Waals surface area contributed by atoms with Gasteiger partial charge in [0, 0.05) is 12.2 Å². The Morgan fingerprint density at radius 2 is 1.43 bits per heavy atom. The van der Waals surface area contributed by atoms with Crippen LogP contribution in [0.3, 0.4) is 0 Å². The van der Waals surface area contributed by atoms with Crippen LogP contribution in [0.4, 0.5) is 0 Å². The van der Waals surface area contributed by atoms with Gasteiger partial charge in [0.25, 0.3) is 0 Å². The fourth-order valence-electron chi connectivity index (χ4n) is 2.13. The second-order valence-corrected chi connectivity index (χ2v) is 7.56. The Balaban J connectivity index is 5.36. The van der Waals surface area contributed by atoms with Gasteiger partial charge in [0.1, 0.15) is 18.1 Å². The first-order valence-electron chi connectivity index (χ1n) is 8.89. The summed E-state index contributed by atoms with van der Waals surface area (Å²) in [6.45, 7) is -0.844. The molecular formula is C16H28N4O8S2. The van der Waals surface area contributed by atoms with Crippen molar-refractivity contribution in [3.05, 3.63) is 0 Å². The van der Waals surface area contributed by atoms with E-state index in [0.717, 1.165) is 0 Å². The van der Waals surface area contributed by atoms with Crippen LogP contribution >= 0.6 is 24.4 Å². The normalized spacial score (nSPS) is 14.7. The van der Waals surface area contributed by atoms with E-state index in [1.54, 1.807) is 6.26 Å². The van der Waals surface area contributed by atoms with E-state index >= 15 is 0 Å². The second kappa shape index (κ2) is 14.9. The van der Waals surface area contributed by atoms with Gasteiger partial charge in [-0.3, -0.25) is 19.2 Å². The Kier molecular flexibility index (Phi) is 13.9. The number of thioether (sulfide) groups is 1. The lowest BCUT2D eigenvalue weighted by Gasteiger charge is -2.24. The predicted molar refractivity (Wildman–Crippen MR) is 112 cm³/mol. The van der Waals surface area contributed by atoms with Crippen LogP contribution in [0.2, 0.25) is 0 Å². The summed E-state index contributed by atoms with van der Waals surface area (Å²) in [6.07, 6.45) is 1.21. The van der Waals surface area contributed by atoms with Gasteiger partial charge in [-0.05, 0) is 24.9 Å². The fraction of sp³-hybridized carbons (Fsp3) is 0.688. The molecule has 14 heteroatoms. The molecule has 0 aromatic carbocycles. The largest absolute Gasteiger partial charge is 0.481 e. The van der Waals surface area contributed by atoms with E-state index in [4.69, 9.17) is 21.1 Å². The molecule has 0 aliphatic carbocycles. The van der Waals surface area contributed by atoms with Gasteiger partial charge in [-0.25, -0.2) is 4.79 Å². The van der Waals surface area contributed by atoms with Gasteiger partial charge in [0.15, 0.2) is 0 Å². The van der Waals surface area contributed by atoms with E-state index in [1.165, 1.54) is 11.8 Å². The third-order valence-electron chi connectivity index (χ3n) is 3.85. The summed E-state index contributed by atoms with van der Waals surface area (Å²) in [5.41, 5.74) is 5.55. The summed E-state index contributed by atoms with van der Waals surface area (Å²) in [6, 6.07) is -5.02. The number of hydrogen-bond donors (Lipinski definition) is 8. The van der Waals surface area contributed by atoms with Crippen LogP contribution in [0.25, 0.3) is 0 Å². The second-order valence-electron chi connectivity index (χ2n) is 6.21. The summed E-state index contributed by atoms with van der Waals surface area (Å²) in [4.78, 5) is 58.9. The Morgan fingerprint density at radius 1 is 0.933 bits per heavy atom. The van der Waals surface area contributed by atoms with Crippen LogP contribution in [-0.4, -0.2) is 93.5 Å². The Hall–Kier alpha value is -2.03. The number of aliphatic hydroxyl groups excluding tert-OH is 1. The lowest BCUT2D eigenvalue weighted by Crippen LogP contribution is -2.57. The van der Waals surface area contributed by atoms with Crippen LogP contribution in [0.1, 0.15) is 19.3 Å². The number of aliphatic carboxylic acids is 2. The maximum atomic E-state index is 12.6.